The molecule has 10 heavy (non-hydrogen) atoms. The standard InChI is InChI=1S/C6H8BrN3/c7-5-3-4(10-9)1-2-6(5)8/h1-3,10H,8-9H2. The highest BCUT2D eigenvalue weighted by molar-refractivity contribution is 9.10. The Bertz CT molecular complexity index is 236. The third-order valence-electron chi connectivity index (χ3n) is 1.17. The smallest absolute Gasteiger partial charge is 0.0497 e. The van der Waals surface area contributed by atoms with Crippen LogP contribution in [0.15, 0.2) is 22.7 Å². The lowest BCUT2D eigenvalue weighted by Crippen LogP contribution is -2.06. The van der Waals surface area contributed by atoms with E-state index in [2.05, 4.69) is 21.4 Å². The highest BCUT2D eigenvalue weighted by Crippen LogP contribution is 2.22. The monoisotopic (exact) mass is 201 g/mol. The molecule has 1 rings (SSSR count). The van der Waals surface area contributed by atoms with Gasteiger partial charge in [0.15, 0.2) is 0 Å². The molecular weight excluding hydrogens is 194 g/mol. The van der Waals surface area contributed by atoms with Gasteiger partial charge in [-0.3, -0.25) is 5.84 Å². The summed E-state index contributed by atoms with van der Waals surface area (Å²) in [5.41, 5.74) is 9.58. The molecule has 0 aromatic heterocycles. The Labute approximate surface area is 67.5 Å². The number of halogens is 1. The second-order valence-electron chi connectivity index (χ2n) is 1.88. The molecule has 4 heteroatoms. The van der Waals surface area contributed by atoms with Crippen LogP contribution in [0.1, 0.15) is 0 Å². The zero-order valence-electron chi connectivity index (χ0n) is 5.26. The number of anilines is 2. The second kappa shape index (κ2) is 2.90. The minimum absolute atomic E-state index is 0.707. The van der Waals surface area contributed by atoms with Gasteiger partial charge < -0.3 is 11.2 Å². The van der Waals surface area contributed by atoms with Gasteiger partial charge in [0, 0.05) is 15.8 Å². The molecule has 5 N–H and O–H groups in total. The van der Waals surface area contributed by atoms with Crippen molar-refractivity contribution in [2.75, 3.05) is 11.2 Å². The van der Waals surface area contributed by atoms with Crippen LogP contribution in [0.5, 0.6) is 0 Å². The number of hydrogen-bond donors (Lipinski definition) is 3. The molecule has 0 heterocycles. The molecule has 1 aromatic rings. The summed E-state index contributed by atoms with van der Waals surface area (Å²) in [5.74, 6) is 5.16. The summed E-state index contributed by atoms with van der Waals surface area (Å²) in [6, 6.07) is 5.40. The van der Waals surface area contributed by atoms with E-state index >= 15 is 0 Å². The summed E-state index contributed by atoms with van der Waals surface area (Å²) in [7, 11) is 0. The Kier molecular flexibility index (Phi) is 2.13. The molecule has 0 fully saturated rings. The summed E-state index contributed by atoms with van der Waals surface area (Å²) >= 11 is 3.27. The van der Waals surface area contributed by atoms with E-state index in [1.807, 2.05) is 6.07 Å². The van der Waals surface area contributed by atoms with Crippen LogP contribution in [0.25, 0.3) is 0 Å². The molecule has 54 valence electrons. The minimum atomic E-state index is 0.707. The van der Waals surface area contributed by atoms with E-state index < -0.39 is 0 Å². The highest BCUT2D eigenvalue weighted by atomic mass is 79.9. The Morgan fingerprint density at radius 1 is 1.40 bits per heavy atom. The first-order valence-corrected chi connectivity index (χ1v) is 3.55. The molecule has 0 atom stereocenters. The third kappa shape index (κ3) is 1.40. The van der Waals surface area contributed by atoms with Gasteiger partial charge in [-0.05, 0) is 34.1 Å². The van der Waals surface area contributed by atoms with Crippen LogP contribution < -0.4 is 17.0 Å². The first kappa shape index (κ1) is 7.37. The first-order valence-electron chi connectivity index (χ1n) is 2.75. The van der Waals surface area contributed by atoms with Crippen molar-refractivity contribution in [3.8, 4) is 0 Å². The molecule has 3 nitrogen and oxygen atoms in total. The fraction of sp³-hybridized carbons (Fsp3) is 0. The predicted molar refractivity (Wildman–Crippen MR) is 46.4 cm³/mol. The lowest BCUT2D eigenvalue weighted by Gasteiger charge is -2.01. The van der Waals surface area contributed by atoms with Crippen LogP contribution in [0, 0.1) is 0 Å². The van der Waals surface area contributed by atoms with Crippen molar-refractivity contribution < 1.29 is 0 Å². The maximum absolute atomic E-state index is 5.53. The van der Waals surface area contributed by atoms with Crippen LogP contribution in [-0.2, 0) is 0 Å². The Balaban J connectivity index is 3.04. The van der Waals surface area contributed by atoms with E-state index in [4.69, 9.17) is 11.6 Å². The number of nitrogen functional groups attached to an aromatic ring is 2. The SMILES string of the molecule is NNc1ccc(N)c(Br)c1. The number of hydrogen-bond acceptors (Lipinski definition) is 3. The van der Waals surface area contributed by atoms with Crippen LogP contribution in [0.2, 0.25) is 0 Å². The number of rotatable bonds is 1. The van der Waals surface area contributed by atoms with Crippen molar-refractivity contribution in [3.63, 3.8) is 0 Å². The Morgan fingerprint density at radius 2 is 2.10 bits per heavy atom. The highest BCUT2D eigenvalue weighted by Gasteiger charge is 1.94. The van der Waals surface area contributed by atoms with Crippen LogP contribution in [0.4, 0.5) is 11.4 Å². The van der Waals surface area contributed by atoms with Gasteiger partial charge >= 0.3 is 0 Å². The van der Waals surface area contributed by atoms with E-state index in [1.54, 1.807) is 12.1 Å². The van der Waals surface area contributed by atoms with E-state index in [-0.39, 0.29) is 0 Å². The number of nitrogens with one attached hydrogen (secondary N) is 1. The Hall–Kier alpha value is -0.740. The van der Waals surface area contributed by atoms with E-state index in [9.17, 15) is 0 Å². The third-order valence-corrected chi connectivity index (χ3v) is 1.85. The number of hydrazine groups is 1. The molecule has 0 saturated carbocycles. The molecule has 1 aromatic carbocycles. The van der Waals surface area contributed by atoms with Crippen LogP contribution >= 0.6 is 15.9 Å². The van der Waals surface area contributed by atoms with Gasteiger partial charge in [-0.1, -0.05) is 0 Å². The normalized spacial score (nSPS) is 9.40. The lowest BCUT2D eigenvalue weighted by atomic mass is 10.3. The number of nitrogens with two attached hydrogens (primary N) is 2. The maximum atomic E-state index is 5.53. The van der Waals surface area contributed by atoms with Gasteiger partial charge in [0.25, 0.3) is 0 Å². The minimum Gasteiger partial charge on any atom is -0.398 e. The van der Waals surface area contributed by atoms with Crippen LogP contribution in [-0.4, -0.2) is 0 Å². The first-order chi connectivity index (χ1) is 4.74. The van der Waals surface area contributed by atoms with Crippen molar-refractivity contribution in [2.45, 2.75) is 0 Å². The predicted octanol–water partition coefficient (Wildman–Crippen LogP) is 1.32. The molecule has 0 aliphatic rings. The molecule has 0 bridgehead atoms. The van der Waals surface area contributed by atoms with Gasteiger partial charge in [-0.15, -0.1) is 0 Å². The molecule has 0 unspecified atom stereocenters. The van der Waals surface area contributed by atoms with Gasteiger partial charge in [0.2, 0.25) is 0 Å². The van der Waals surface area contributed by atoms with Crippen LogP contribution in [0.3, 0.4) is 0 Å². The number of benzene rings is 1. The second-order valence-corrected chi connectivity index (χ2v) is 2.73. The molecule has 0 radical (unpaired) electrons. The van der Waals surface area contributed by atoms with Crippen molar-refractivity contribution in [1.82, 2.24) is 0 Å². The summed E-state index contributed by atoms with van der Waals surface area (Å²) in [6.45, 7) is 0. The fourth-order valence-electron chi connectivity index (χ4n) is 0.617. The van der Waals surface area contributed by atoms with E-state index in [1.165, 1.54) is 0 Å². The quantitative estimate of drug-likeness (QED) is 0.365. The van der Waals surface area contributed by atoms with Gasteiger partial charge in [-0.25, -0.2) is 0 Å². The van der Waals surface area contributed by atoms with Gasteiger partial charge in [-0.2, -0.15) is 0 Å². The van der Waals surface area contributed by atoms with Gasteiger partial charge in [0.05, 0.1) is 0 Å². The molecule has 0 amide bonds. The molecule has 0 aliphatic heterocycles. The summed E-state index contributed by atoms with van der Waals surface area (Å²) in [4.78, 5) is 0. The average Bonchev–Trinajstić information content (AvgIpc) is 1.95. The zero-order chi connectivity index (χ0) is 7.56. The van der Waals surface area contributed by atoms with Gasteiger partial charge in [0.1, 0.15) is 0 Å². The van der Waals surface area contributed by atoms with Crippen molar-refractivity contribution in [3.05, 3.63) is 22.7 Å². The molecule has 0 spiro atoms. The molecule has 0 saturated heterocycles. The summed E-state index contributed by atoms with van der Waals surface area (Å²) < 4.78 is 0.850. The van der Waals surface area contributed by atoms with E-state index in [0.29, 0.717) is 5.69 Å². The van der Waals surface area contributed by atoms with Crippen molar-refractivity contribution >= 4 is 27.3 Å². The Morgan fingerprint density at radius 3 is 2.60 bits per heavy atom. The molecular formula is C6H8BrN3. The van der Waals surface area contributed by atoms with Crippen molar-refractivity contribution in [1.29, 1.82) is 0 Å². The molecule has 0 aliphatic carbocycles. The summed E-state index contributed by atoms with van der Waals surface area (Å²) in [6.07, 6.45) is 0. The summed E-state index contributed by atoms with van der Waals surface area (Å²) in [5, 5.41) is 0. The van der Waals surface area contributed by atoms with Crippen molar-refractivity contribution in [2.24, 2.45) is 5.84 Å². The average molecular weight is 202 g/mol. The maximum Gasteiger partial charge on any atom is 0.0497 e. The zero-order valence-corrected chi connectivity index (χ0v) is 6.85. The largest absolute Gasteiger partial charge is 0.398 e. The topological polar surface area (TPSA) is 64.1 Å². The lowest BCUT2D eigenvalue weighted by molar-refractivity contribution is 1.35. The fourth-order valence-corrected chi connectivity index (χ4v) is 0.996. The van der Waals surface area contributed by atoms with E-state index in [0.717, 1.165) is 10.2 Å².